The van der Waals surface area contributed by atoms with Crippen LogP contribution < -0.4 is 0 Å². The highest BCUT2D eigenvalue weighted by atomic mass is 16.5. The average molecular weight is 355 g/mol. The number of nitrogens with zero attached hydrogens (tertiary/aromatic N) is 3. The fraction of sp³-hybridized carbons (Fsp3) is 0.524. The molecular weight excluding hydrogens is 326 g/mol. The van der Waals surface area contributed by atoms with Crippen LogP contribution in [0, 0.1) is 13.8 Å². The molecule has 0 saturated carbocycles. The van der Waals surface area contributed by atoms with Crippen molar-refractivity contribution in [1.82, 2.24) is 14.5 Å². The molecule has 2 heterocycles. The molecule has 1 amide bonds. The van der Waals surface area contributed by atoms with Crippen LogP contribution in [0.3, 0.4) is 0 Å². The van der Waals surface area contributed by atoms with Crippen LogP contribution in [-0.2, 0) is 22.6 Å². The normalized spacial score (nSPS) is 16.8. The third-order valence-corrected chi connectivity index (χ3v) is 5.08. The summed E-state index contributed by atoms with van der Waals surface area (Å²) in [5, 5.41) is 0. The van der Waals surface area contributed by atoms with Gasteiger partial charge in [0.2, 0.25) is 5.91 Å². The molecule has 0 unspecified atom stereocenters. The highest BCUT2D eigenvalue weighted by molar-refractivity contribution is 5.75. The maximum absolute atomic E-state index is 12.4. The van der Waals surface area contributed by atoms with Gasteiger partial charge in [-0.3, -0.25) is 4.79 Å². The fourth-order valence-electron chi connectivity index (χ4n) is 3.47. The fourth-order valence-corrected chi connectivity index (χ4v) is 3.47. The van der Waals surface area contributed by atoms with Gasteiger partial charge < -0.3 is 14.2 Å². The molecule has 3 rings (SSSR count). The molecule has 5 nitrogen and oxygen atoms in total. The van der Waals surface area contributed by atoms with E-state index in [0.29, 0.717) is 19.5 Å². The molecule has 0 spiro atoms. The Labute approximate surface area is 156 Å². The number of hydrogen-bond acceptors (Lipinski definition) is 3. The predicted octanol–water partition coefficient (Wildman–Crippen LogP) is 3.47. The van der Waals surface area contributed by atoms with Crippen LogP contribution in [0.15, 0.2) is 30.6 Å². The van der Waals surface area contributed by atoms with Gasteiger partial charge in [-0.15, -0.1) is 0 Å². The van der Waals surface area contributed by atoms with Gasteiger partial charge in [0.1, 0.15) is 5.82 Å². The Kier molecular flexibility index (Phi) is 6.09. The molecule has 1 atom stereocenters. The minimum absolute atomic E-state index is 0.154. The number of carbonyl (C=O) groups is 1. The van der Waals surface area contributed by atoms with Gasteiger partial charge in [0.25, 0.3) is 0 Å². The van der Waals surface area contributed by atoms with Crippen molar-refractivity contribution < 1.29 is 9.53 Å². The highest BCUT2D eigenvalue weighted by Gasteiger charge is 2.23. The summed E-state index contributed by atoms with van der Waals surface area (Å²) < 4.78 is 7.88. The number of amides is 1. The third-order valence-electron chi connectivity index (χ3n) is 5.08. The Bertz CT molecular complexity index is 747. The van der Waals surface area contributed by atoms with E-state index in [2.05, 4.69) is 41.6 Å². The second kappa shape index (κ2) is 8.49. The third kappa shape index (κ3) is 4.52. The van der Waals surface area contributed by atoms with Crippen LogP contribution >= 0.6 is 0 Å². The Balaban J connectivity index is 1.75. The lowest BCUT2D eigenvalue weighted by Crippen LogP contribution is -2.37. The van der Waals surface area contributed by atoms with Gasteiger partial charge in [0.05, 0.1) is 12.6 Å². The summed E-state index contributed by atoms with van der Waals surface area (Å²) in [6.45, 7) is 8.93. The lowest BCUT2D eigenvalue weighted by Gasteiger charge is -2.25. The lowest BCUT2D eigenvalue weighted by atomic mass is 10.1. The number of hydrogen-bond donors (Lipinski definition) is 0. The molecule has 1 aromatic heterocycles. The number of aryl methyl sites for hydroxylation is 2. The summed E-state index contributed by atoms with van der Waals surface area (Å²) in [4.78, 5) is 18.9. The van der Waals surface area contributed by atoms with Crippen LogP contribution in [0.4, 0.5) is 0 Å². The summed E-state index contributed by atoms with van der Waals surface area (Å²) in [5.41, 5.74) is 3.82. The molecule has 2 aromatic rings. The van der Waals surface area contributed by atoms with E-state index in [4.69, 9.17) is 4.74 Å². The maximum Gasteiger partial charge on any atom is 0.222 e. The van der Waals surface area contributed by atoms with Gasteiger partial charge in [-0.05, 0) is 37.8 Å². The van der Waals surface area contributed by atoms with E-state index in [1.165, 1.54) is 16.7 Å². The van der Waals surface area contributed by atoms with Crippen LogP contribution in [0.2, 0.25) is 0 Å². The summed E-state index contributed by atoms with van der Waals surface area (Å²) in [5.74, 6) is 1.08. The zero-order chi connectivity index (χ0) is 18.5. The minimum Gasteiger partial charge on any atom is -0.376 e. The Morgan fingerprint density at radius 1 is 1.38 bits per heavy atom. The van der Waals surface area contributed by atoms with Crippen LogP contribution in [0.25, 0.3) is 0 Å². The van der Waals surface area contributed by atoms with E-state index in [1.807, 2.05) is 24.2 Å². The number of imidazole rings is 1. The van der Waals surface area contributed by atoms with Crippen molar-refractivity contribution in [3.8, 4) is 0 Å². The molecule has 26 heavy (non-hydrogen) atoms. The molecule has 0 bridgehead atoms. The molecular formula is C21H29N3O2. The van der Waals surface area contributed by atoms with E-state index in [-0.39, 0.29) is 12.0 Å². The molecule has 1 saturated heterocycles. The van der Waals surface area contributed by atoms with E-state index >= 15 is 0 Å². The Morgan fingerprint density at radius 2 is 2.23 bits per heavy atom. The van der Waals surface area contributed by atoms with Crippen molar-refractivity contribution in [2.75, 3.05) is 13.2 Å². The number of aromatic nitrogens is 2. The second-order valence-electron chi connectivity index (χ2n) is 7.16. The van der Waals surface area contributed by atoms with Gasteiger partial charge in [-0.1, -0.05) is 30.7 Å². The number of ether oxygens (including phenoxy) is 1. The zero-order valence-corrected chi connectivity index (χ0v) is 16.1. The van der Waals surface area contributed by atoms with Crippen LogP contribution in [0.1, 0.15) is 48.7 Å². The summed E-state index contributed by atoms with van der Waals surface area (Å²) in [7, 11) is 0. The smallest absolute Gasteiger partial charge is 0.222 e. The highest BCUT2D eigenvalue weighted by Crippen LogP contribution is 2.17. The standard InChI is InChI=1S/C21H29N3O2/c1-4-21(25)24(14-19-6-5-11-26-19)15-20-22-9-10-23(20)13-18-12-16(2)7-8-17(18)3/h7-10,12,19H,4-6,11,13-15H2,1-3H3/t19-/m1/s1. The van der Waals surface area contributed by atoms with Gasteiger partial charge in [-0.2, -0.15) is 0 Å². The van der Waals surface area contributed by atoms with Crippen molar-refractivity contribution in [3.05, 3.63) is 53.1 Å². The van der Waals surface area contributed by atoms with E-state index in [9.17, 15) is 4.79 Å². The number of rotatable bonds is 7. The first-order valence-electron chi connectivity index (χ1n) is 9.52. The molecule has 1 aromatic carbocycles. The molecule has 0 radical (unpaired) electrons. The number of carbonyl (C=O) groups excluding carboxylic acids is 1. The average Bonchev–Trinajstić information content (AvgIpc) is 3.29. The lowest BCUT2D eigenvalue weighted by molar-refractivity contribution is -0.133. The second-order valence-corrected chi connectivity index (χ2v) is 7.16. The Morgan fingerprint density at radius 3 is 2.96 bits per heavy atom. The van der Waals surface area contributed by atoms with Crippen molar-refractivity contribution >= 4 is 5.91 Å². The maximum atomic E-state index is 12.4. The molecule has 1 aliphatic rings. The predicted molar refractivity (Wildman–Crippen MR) is 102 cm³/mol. The molecule has 140 valence electrons. The van der Waals surface area contributed by atoms with Crippen molar-refractivity contribution in [2.45, 2.75) is 59.2 Å². The molecule has 0 N–H and O–H groups in total. The minimum atomic E-state index is 0.154. The van der Waals surface area contributed by atoms with Gasteiger partial charge in [0, 0.05) is 38.5 Å². The van der Waals surface area contributed by atoms with E-state index in [0.717, 1.165) is 31.8 Å². The van der Waals surface area contributed by atoms with Gasteiger partial charge >= 0.3 is 0 Å². The first-order chi connectivity index (χ1) is 12.6. The number of benzene rings is 1. The zero-order valence-electron chi connectivity index (χ0n) is 16.1. The molecule has 1 aliphatic heterocycles. The monoisotopic (exact) mass is 355 g/mol. The van der Waals surface area contributed by atoms with E-state index < -0.39 is 0 Å². The van der Waals surface area contributed by atoms with Crippen molar-refractivity contribution in [2.24, 2.45) is 0 Å². The van der Waals surface area contributed by atoms with Crippen LogP contribution in [-0.4, -0.2) is 39.6 Å². The SMILES string of the molecule is CCC(=O)N(Cc1nccn1Cc1cc(C)ccc1C)C[C@H]1CCCO1. The molecule has 0 aliphatic carbocycles. The first kappa shape index (κ1) is 18.6. The van der Waals surface area contributed by atoms with Crippen molar-refractivity contribution in [3.63, 3.8) is 0 Å². The van der Waals surface area contributed by atoms with Gasteiger partial charge in [0.15, 0.2) is 0 Å². The van der Waals surface area contributed by atoms with E-state index in [1.54, 1.807) is 0 Å². The largest absolute Gasteiger partial charge is 0.376 e. The van der Waals surface area contributed by atoms with Gasteiger partial charge in [-0.25, -0.2) is 4.98 Å². The first-order valence-corrected chi connectivity index (χ1v) is 9.52. The summed E-state index contributed by atoms with van der Waals surface area (Å²) in [6.07, 6.45) is 6.60. The van der Waals surface area contributed by atoms with Crippen molar-refractivity contribution in [1.29, 1.82) is 0 Å². The summed E-state index contributed by atoms with van der Waals surface area (Å²) >= 11 is 0. The molecule has 1 fully saturated rings. The Hall–Kier alpha value is -2.14. The van der Waals surface area contributed by atoms with Crippen LogP contribution in [0.5, 0.6) is 0 Å². The topological polar surface area (TPSA) is 47.4 Å². The quantitative estimate of drug-likeness (QED) is 0.764. The summed E-state index contributed by atoms with van der Waals surface area (Å²) in [6, 6.07) is 6.52. The molecule has 5 heteroatoms.